The summed E-state index contributed by atoms with van der Waals surface area (Å²) in [5, 5.41) is 3.64. The molecule has 1 saturated heterocycles. The Balaban J connectivity index is 1.90. The van der Waals surface area contributed by atoms with Gasteiger partial charge in [0.2, 0.25) is 0 Å². The van der Waals surface area contributed by atoms with Gasteiger partial charge in [-0.25, -0.2) is 4.79 Å². The van der Waals surface area contributed by atoms with Crippen molar-refractivity contribution in [2.24, 2.45) is 5.41 Å². The lowest BCUT2D eigenvalue weighted by Gasteiger charge is -2.41. The number of nitrogens with one attached hydrogen (secondary N) is 1. The first-order valence-corrected chi connectivity index (χ1v) is 10.2. The molecule has 1 N–H and O–H groups in total. The van der Waals surface area contributed by atoms with Crippen LogP contribution in [0, 0.1) is 5.41 Å². The second kappa shape index (κ2) is 7.75. The minimum absolute atomic E-state index is 0.0813. The van der Waals surface area contributed by atoms with Crippen molar-refractivity contribution in [3.63, 3.8) is 0 Å². The van der Waals surface area contributed by atoms with Gasteiger partial charge in [0.15, 0.2) is 0 Å². The van der Waals surface area contributed by atoms with E-state index in [1.54, 1.807) is 11.3 Å². The Morgan fingerprint density at radius 2 is 2.21 bits per heavy atom. The summed E-state index contributed by atoms with van der Waals surface area (Å²) in [6.45, 7) is 12.6. The van der Waals surface area contributed by atoms with Gasteiger partial charge in [-0.3, -0.25) is 0 Å². The van der Waals surface area contributed by atoms with Gasteiger partial charge in [-0.2, -0.15) is 0 Å². The highest BCUT2D eigenvalue weighted by atomic mass is 79.9. The molecule has 1 aromatic heterocycles. The summed E-state index contributed by atoms with van der Waals surface area (Å²) in [4.78, 5) is 15.5. The summed E-state index contributed by atoms with van der Waals surface area (Å²) in [5.41, 5.74) is -0.359. The smallest absolute Gasteiger partial charge is 0.410 e. The molecule has 1 aliphatic rings. The van der Waals surface area contributed by atoms with Crippen LogP contribution in [0.5, 0.6) is 0 Å². The molecule has 24 heavy (non-hydrogen) atoms. The number of hydrogen-bond acceptors (Lipinski definition) is 4. The highest BCUT2D eigenvalue weighted by Crippen LogP contribution is 2.32. The lowest BCUT2D eigenvalue weighted by Crippen LogP contribution is -2.50. The quantitative estimate of drug-likeness (QED) is 0.732. The van der Waals surface area contributed by atoms with E-state index in [9.17, 15) is 4.79 Å². The Morgan fingerprint density at radius 3 is 2.79 bits per heavy atom. The third-order valence-electron chi connectivity index (χ3n) is 4.29. The van der Waals surface area contributed by atoms with E-state index in [1.807, 2.05) is 25.7 Å². The van der Waals surface area contributed by atoms with Gasteiger partial charge >= 0.3 is 6.09 Å². The first-order valence-electron chi connectivity index (χ1n) is 8.55. The number of halogens is 1. The SMILES string of the molecule is CC(NCC1(C)CCCN(C(=O)OC(C)(C)C)C1)c1ccc(Br)s1. The highest BCUT2D eigenvalue weighted by Gasteiger charge is 2.35. The van der Waals surface area contributed by atoms with Gasteiger partial charge in [0.05, 0.1) is 3.79 Å². The predicted octanol–water partition coefficient (Wildman–Crippen LogP) is 5.20. The third-order valence-corrected chi connectivity index (χ3v) is 6.09. The van der Waals surface area contributed by atoms with Crippen molar-refractivity contribution in [2.45, 2.75) is 59.1 Å². The van der Waals surface area contributed by atoms with Crippen LogP contribution >= 0.6 is 27.3 Å². The molecule has 0 bridgehead atoms. The molecule has 0 radical (unpaired) electrons. The van der Waals surface area contributed by atoms with Crippen molar-refractivity contribution in [1.82, 2.24) is 10.2 Å². The molecule has 6 heteroatoms. The van der Waals surface area contributed by atoms with Gasteiger partial charge in [0.25, 0.3) is 0 Å². The molecule has 0 spiro atoms. The lowest BCUT2D eigenvalue weighted by atomic mass is 9.81. The largest absolute Gasteiger partial charge is 0.444 e. The Kier molecular flexibility index (Phi) is 6.37. The summed E-state index contributed by atoms with van der Waals surface area (Å²) in [6, 6.07) is 4.56. The van der Waals surface area contributed by atoms with E-state index in [2.05, 4.69) is 47.2 Å². The fraction of sp³-hybridized carbons (Fsp3) is 0.722. The summed E-state index contributed by atoms with van der Waals surface area (Å²) in [7, 11) is 0. The van der Waals surface area contributed by atoms with Crippen molar-refractivity contribution >= 4 is 33.4 Å². The van der Waals surface area contributed by atoms with Gasteiger partial charge < -0.3 is 15.0 Å². The minimum Gasteiger partial charge on any atom is -0.444 e. The predicted molar refractivity (Wildman–Crippen MR) is 104 cm³/mol. The maximum absolute atomic E-state index is 12.3. The number of hydrogen-bond donors (Lipinski definition) is 1. The normalized spacial score (nSPS) is 23.2. The molecule has 4 nitrogen and oxygen atoms in total. The molecule has 1 aliphatic heterocycles. The Morgan fingerprint density at radius 1 is 1.50 bits per heavy atom. The Hall–Kier alpha value is -0.590. The number of ether oxygens (including phenoxy) is 1. The van der Waals surface area contributed by atoms with Crippen molar-refractivity contribution in [2.75, 3.05) is 19.6 Å². The number of carbonyl (C=O) groups excluding carboxylic acids is 1. The van der Waals surface area contributed by atoms with E-state index < -0.39 is 5.60 Å². The first-order chi connectivity index (χ1) is 11.1. The number of likely N-dealkylation sites (tertiary alicyclic amines) is 1. The summed E-state index contributed by atoms with van der Waals surface area (Å²) < 4.78 is 6.69. The van der Waals surface area contributed by atoms with E-state index in [0.717, 1.165) is 36.3 Å². The van der Waals surface area contributed by atoms with E-state index in [-0.39, 0.29) is 11.5 Å². The lowest BCUT2D eigenvalue weighted by molar-refractivity contribution is 0.00654. The molecule has 2 heterocycles. The number of rotatable bonds is 4. The monoisotopic (exact) mass is 416 g/mol. The zero-order chi connectivity index (χ0) is 18.0. The summed E-state index contributed by atoms with van der Waals surface area (Å²) in [5.74, 6) is 0. The Bertz CT molecular complexity index is 570. The topological polar surface area (TPSA) is 41.6 Å². The van der Waals surface area contributed by atoms with Crippen LogP contribution in [-0.4, -0.2) is 36.2 Å². The molecule has 136 valence electrons. The second-order valence-corrected chi connectivity index (χ2v) is 10.6. The van der Waals surface area contributed by atoms with Gasteiger partial charge in [0.1, 0.15) is 5.60 Å². The zero-order valence-electron chi connectivity index (χ0n) is 15.3. The number of piperidine rings is 1. The average Bonchev–Trinajstić information content (AvgIpc) is 2.90. The van der Waals surface area contributed by atoms with E-state index in [4.69, 9.17) is 4.74 Å². The van der Waals surface area contributed by atoms with Crippen molar-refractivity contribution in [3.8, 4) is 0 Å². The third kappa shape index (κ3) is 5.74. The van der Waals surface area contributed by atoms with E-state index >= 15 is 0 Å². The number of thiophene rings is 1. The highest BCUT2D eigenvalue weighted by molar-refractivity contribution is 9.11. The van der Waals surface area contributed by atoms with Crippen LogP contribution in [0.2, 0.25) is 0 Å². The molecule has 1 fully saturated rings. The molecule has 1 amide bonds. The first kappa shape index (κ1) is 19.7. The van der Waals surface area contributed by atoms with Crippen LogP contribution in [0.25, 0.3) is 0 Å². The van der Waals surface area contributed by atoms with Crippen LogP contribution in [0.1, 0.15) is 58.4 Å². The van der Waals surface area contributed by atoms with Crippen molar-refractivity contribution in [3.05, 3.63) is 20.8 Å². The van der Waals surface area contributed by atoms with Gasteiger partial charge in [0, 0.05) is 30.6 Å². The van der Waals surface area contributed by atoms with Gasteiger partial charge in [-0.05, 0) is 74.0 Å². The second-order valence-electron chi connectivity index (χ2n) is 8.06. The minimum atomic E-state index is -0.440. The van der Waals surface area contributed by atoms with E-state index in [1.165, 1.54) is 4.88 Å². The molecule has 0 saturated carbocycles. The molecule has 2 atom stereocenters. The maximum Gasteiger partial charge on any atom is 0.410 e. The molecule has 2 unspecified atom stereocenters. The van der Waals surface area contributed by atoms with Crippen LogP contribution in [0.15, 0.2) is 15.9 Å². The molecule has 0 aromatic carbocycles. The molecule has 1 aromatic rings. The van der Waals surface area contributed by atoms with Crippen LogP contribution < -0.4 is 5.32 Å². The zero-order valence-corrected chi connectivity index (χ0v) is 17.7. The van der Waals surface area contributed by atoms with Gasteiger partial charge in [-0.15, -0.1) is 11.3 Å². The molecule has 0 aliphatic carbocycles. The number of amides is 1. The number of carbonyl (C=O) groups is 1. The standard InChI is InChI=1S/C18H29BrN2O2S/c1-13(14-7-8-15(19)24-14)20-11-18(5)9-6-10-21(12-18)16(22)23-17(2,3)4/h7-8,13,20H,6,9-12H2,1-5H3. The van der Waals surface area contributed by atoms with Crippen LogP contribution in [0.4, 0.5) is 4.79 Å². The fourth-order valence-electron chi connectivity index (χ4n) is 3.00. The molecule has 2 rings (SSSR count). The summed E-state index contributed by atoms with van der Waals surface area (Å²) >= 11 is 5.28. The van der Waals surface area contributed by atoms with Crippen molar-refractivity contribution in [1.29, 1.82) is 0 Å². The molecular formula is C18H29BrN2O2S. The van der Waals surface area contributed by atoms with Crippen LogP contribution in [0.3, 0.4) is 0 Å². The average molecular weight is 417 g/mol. The Labute approximate surface area is 158 Å². The van der Waals surface area contributed by atoms with Crippen molar-refractivity contribution < 1.29 is 9.53 Å². The maximum atomic E-state index is 12.3. The van der Waals surface area contributed by atoms with Crippen LogP contribution in [-0.2, 0) is 4.74 Å². The van der Waals surface area contributed by atoms with E-state index in [0.29, 0.717) is 6.04 Å². The molecular weight excluding hydrogens is 388 g/mol. The van der Waals surface area contributed by atoms with Gasteiger partial charge in [-0.1, -0.05) is 6.92 Å². The fourth-order valence-corrected chi connectivity index (χ4v) is 4.45. The summed E-state index contributed by atoms with van der Waals surface area (Å²) in [6.07, 6.45) is 1.96. The number of nitrogens with zero attached hydrogens (tertiary/aromatic N) is 1.